The number of fused-ring (bicyclic) bond motifs is 1. The average Bonchev–Trinajstić information content (AvgIpc) is 2.87. The van der Waals surface area contributed by atoms with E-state index in [1.54, 1.807) is 11.8 Å². The molecule has 2 heterocycles. The summed E-state index contributed by atoms with van der Waals surface area (Å²) in [5, 5.41) is 1.14. The maximum atomic E-state index is 12.8. The van der Waals surface area contributed by atoms with Crippen LogP contribution in [0.25, 0.3) is 10.9 Å². The number of ether oxygens (including phenoxy) is 1. The number of hydrogen-bond donors (Lipinski definition) is 0. The molecule has 2 aromatic rings. The first-order valence-electron chi connectivity index (χ1n) is 8.75. The van der Waals surface area contributed by atoms with Gasteiger partial charge < -0.3 is 19.1 Å². The molecule has 6 heteroatoms. The summed E-state index contributed by atoms with van der Waals surface area (Å²) in [6, 6.07) is 8.17. The number of aryl methyl sites for hydroxylation is 1. The molecule has 2 amide bonds. The summed E-state index contributed by atoms with van der Waals surface area (Å²) >= 11 is 0. The topological polar surface area (TPSA) is 54.8 Å². The molecule has 0 unspecified atom stereocenters. The molecule has 0 N–H and O–H groups in total. The fourth-order valence-electron chi connectivity index (χ4n) is 3.44. The quantitative estimate of drug-likeness (QED) is 0.859. The van der Waals surface area contributed by atoms with Gasteiger partial charge in [0.1, 0.15) is 0 Å². The standard InChI is InChI=1S/C19H25N3O3/c1-4-25-19(24)22-11-9-21(10-12-22)18(23)13-16-14(2)20(3)17-8-6-5-7-15(16)17/h5-8H,4,9-13H2,1-3H3. The summed E-state index contributed by atoms with van der Waals surface area (Å²) in [7, 11) is 2.03. The van der Waals surface area contributed by atoms with Crippen molar-refractivity contribution in [2.45, 2.75) is 20.3 Å². The van der Waals surface area contributed by atoms with Crippen molar-refractivity contribution in [3.05, 3.63) is 35.5 Å². The lowest BCUT2D eigenvalue weighted by Crippen LogP contribution is -2.51. The Balaban J connectivity index is 1.68. The second-order valence-electron chi connectivity index (χ2n) is 6.38. The Labute approximate surface area is 147 Å². The van der Waals surface area contributed by atoms with E-state index in [0.29, 0.717) is 39.2 Å². The molecule has 0 atom stereocenters. The molecular weight excluding hydrogens is 318 g/mol. The predicted molar refractivity (Wildman–Crippen MR) is 96.5 cm³/mol. The summed E-state index contributed by atoms with van der Waals surface area (Å²) in [5.41, 5.74) is 3.37. The van der Waals surface area contributed by atoms with Gasteiger partial charge >= 0.3 is 6.09 Å². The van der Waals surface area contributed by atoms with Gasteiger partial charge in [-0.15, -0.1) is 0 Å². The van der Waals surface area contributed by atoms with Gasteiger partial charge in [0.2, 0.25) is 5.91 Å². The number of amides is 2. The van der Waals surface area contributed by atoms with Gasteiger partial charge in [-0.05, 0) is 25.5 Å². The van der Waals surface area contributed by atoms with Crippen LogP contribution in [0.5, 0.6) is 0 Å². The molecule has 0 radical (unpaired) electrons. The summed E-state index contributed by atoms with van der Waals surface area (Å²) in [4.78, 5) is 28.0. The minimum Gasteiger partial charge on any atom is -0.450 e. The molecule has 1 aliphatic heterocycles. The van der Waals surface area contributed by atoms with E-state index in [0.717, 1.165) is 22.2 Å². The van der Waals surface area contributed by atoms with E-state index in [-0.39, 0.29) is 12.0 Å². The van der Waals surface area contributed by atoms with E-state index >= 15 is 0 Å². The zero-order valence-corrected chi connectivity index (χ0v) is 15.1. The molecule has 6 nitrogen and oxygen atoms in total. The van der Waals surface area contributed by atoms with Gasteiger partial charge in [-0.1, -0.05) is 18.2 Å². The molecule has 134 valence electrons. The van der Waals surface area contributed by atoms with E-state index in [1.807, 2.05) is 24.1 Å². The van der Waals surface area contributed by atoms with Crippen LogP contribution in [0.1, 0.15) is 18.2 Å². The number of hydrogen-bond acceptors (Lipinski definition) is 3. The largest absolute Gasteiger partial charge is 0.450 e. The molecule has 0 aliphatic carbocycles. The molecule has 1 aliphatic rings. The second kappa shape index (κ2) is 7.17. The Morgan fingerprint density at radius 1 is 1.08 bits per heavy atom. The molecule has 1 aromatic heterocycles. The third-order valence-electron chi connectivity index (χ3n) is 5.02. The Bertz CT molecular complexity index is 789. The van der Waals surface area contributed by atoms with Gasteiger partial charge in [-0.25, -0.2) is 4.79 Å². The van der Waals surface area contributed by atoms with Crippen molar-refractivity contribution in [2.75, 3.05) is 32.8 Å². The van der Waals surface area contributed by atoms with Crippen LogP contribution in [0.4, 0.5) is 4.79 Å². The van der Waals surface area contributed by atoms with E-state index in [9.17, 15) is 9.59 Å². The number of rotatable bonds is 3. The molecule has 1 fully saturated rings. The van der Waals surface area contributed by atoms with Gasteiger partial charge in [0.25, 0.3) is 0 Å². The zero-order valence-electron chi connectivity index (χ0n) is 15.1. The maximum absolute atomic E-state index is 12.8. The van der Waals surface area contributed by atoms with Crippen LogP contribution in [0.3, 0.4) is 0 Å². The van der Waals surface area contributed by atoms with Gasteiger partial charge in [-0.3, -0.25) is 4.79 Å². The Morgan fingerprint density at radius 3 is 2.40 bits per heavy atom. The molecule has 1 aromatic carbocycles. The number of carbonyl (C=O) groups is 2. The van der Waals surface area contributed by atoms with E-state index in [4.69, 9.17) is 4.74 Å². The first-order chi connectivity index (χ1) is 12.0. The van der Waals surface area contributed by atoms with Crippen LogP contribution in [0.2, 0.25) is 0 Å². The molecule has 1 saturated heterocycles. The molecule has 3 rings (SSSR count). The minimum atomic E-state index is -0.292. The highest BCUT2D eigenvalue weighted by Crippen LogP contribution is 2.25. The van der Waals surface area contributed by atoms with Crippen molar-refractivity contribution in [3.63, 3.8) is 0 Å². The smallest absolute Gasteiger partial charge is 0.409 e. The van der Waals surface area contributed by atoms with E-state index in [2.05, 4.69) is 23.6 Å². The Kier molecular flexibility index (Phi) is 4.97. The second-order valence-corrected chi connectivity index (χ2v) is 6.38. The highest BCUT2D eigenvalue weighted by atomic mass is 16.6. The number of benzene rings is 1. The Morgan fingerprint density at radius 2 is 1.72 bits per heavy atom. The molecule has 0 bridgehead atoms. The number of para-hydroxylation sites is 1. The van der Waals surface area contributed by atoms with Crippen molar-refractivity contribution < 1.29 is 14.3 Å². The highest BCUT2D eigenvalue weighted by Gasteiger charge is 2.26. The molecule has 0 saturated carbocycles. The van der Waals surface area contributed by atoms with E-state index in [1.165, 1.54) is 0 Å². The fourth-order valence-corrected chi connectivity index (χ4v) is 3.44. The van der Waals surface area contributed by atoms with Gasteiger partial charge in [-0.2, -0.15) is 0 Å². The third kappa shape index (κ3) is 3.34. The van der Waals surface area contributed by atoms with Crippen LogP contribution in [-0.2, 0) is 23.0 Å². The lowest BCUT2D eigenvalue weighted by atomic mass is 10.1. The van der Waals surface area contributed by atoms with Crippen LogP contribution in [-0.4, -0.2) is 59.2 Å². The predicted octanol–water partition coefficient (Wildman–Crippen LogP) is 2.33. The lowest BCUT2D eigenvalue weighted by Gasteiger charge is -2.34. The molecule has 0 spiro atoms. The molecular formula is C19H25N3O3. The average molecular weight is 343 g/mol. The Hall–Kier alpha value is -2.50. The van der Waals surface area contributed by atoms with E-state index < -0.39 is 0 Å². The summed E-state index contributed by atoms with van der Waals surface area (Å²) in [6.07, 6.45) is 0.103. The van der Waals surface area contributed by atoms with Crippen LogP contribution in [0.15, 0.2) is 24.3 Å². The highest BCUT2D eigenvalue weighted by molar-refractivity contribution is 5.90. The normalized spacial score (nSPS) is 14.8. The number of nitrogens with zero attached hydrogens (tertiary/aromatic N) is 3. The summed E-state index contributed by atoms with van der Waals surface area (Å²) < 4.78 is 7.16. The number of carbonyl (C=O) groups excluding carboxylic acids is 2. The van der Waals surface area contributed by atoms with Crippen molar-refractivity contribution in [3.8, 4) is 0 Å². The minimum absolute atomic E-state index is 0.114. The first-order valence-corrected chi connectivity index (χ1v) is 8.75. The third-order valence-corrected chi connectivity index (χ3v) is 5.02. The molecule has 25 heavy (non-hydrogen) atoms. The first kappa shape index (κ1) is 17.3. The number of piperazine rings is 1. The summed E-state index contributed by atoms with van der Waals surface area (Å²) in [6.45, 7) is 6.39. The van der Waals surface area contributed by atoms with Crippen LogP contribution < -0.4 is 0 Å². The van der Waals surface area contributed by atoms with Crippen molar-refractivity contribution in [1.82, 2.24) is 14.4 Å². The lowest BCUT2D eigenvalue weighted by molar-refractivity contribution is -0.132. The maximum Gasteiger partial charge on any atom is 0.409 e. The summed E-state index contributed by atoms with van der Waals surface area (Å²) in [5.74, 6) is 0.114. The van der Waals surface area contributed by atoms with Crippen molar-refractivity contribution in [2.24, 2.45) is 7.05 Å². The number of aromatic nitrogens is 1. The monoisotopic (exact) mass is 343 g/mol. The zero-order chi connectivity index (χ0) is 18.0. The van der Waals surface area contributed by atoms with Crippen molar-refractivity contribution >= 4 is 22.9 Å². The van der Waals surface area contributed by atoms with Crippen LogP contribution >= 0.6 is 0 Å². The van der Waals surface area contributed by atoms with Crippen molar-refractivity contribution in [1.29, 1.82) is 0 Å². The van der Waals surface area contributed by atoms with Gasteiger partial charge in [0, 0.05) is 49.8 Å². The van der Waals surface area contributed by atoms with Gasteiger partial charge in [0.15, 0.2) is 0 Å². The fraction of sp³-hybridized carbons (Fsp3) is 0.474. The van der Waals surface area contributed by atoms with Crippen LogP contribution in [0, 0.1) is 6.92 Å². The van der Waals surface area contributed by atoms with Gasteiger partial charge in [0.05, 0.1) is 13.0 Å². The SMILES string of the molecule is CCOC(=O)N1CCN(C(=O)Cc2c(C)n(C)c3ccccc23)CC1.